The van der Waals surface area contributed by atoms with Gasteiger partial charge in [-0.1, -0.05) is 0 Å². The number of fused-ring (bicyclic) bond motifs is 1. The largest absolute Gasteiger partial charge is 0.502 e. The summed E-state index contributed by atoms with van der Waals surface area (Å²) in [6, 6.07) is 5.27. The minimum atomic E-state index is -0.198. The highest BCUT2D eigenvalue weighted by Gasteiger charge is 2.34. The maximum atomic E-state index is 10.6. The summed E-state index contributed by atoms with van der Waals surface area (Å²) < 4.78 is 21.4. The van der Waals surface area contributed by atoms with Gasteiger partial charge < -0.3 is 34.3 Å². The van der Waals surface area contributed by atoms with E-state index in [0.717, 1.165) is 16.7 Å². The molecule has 0 aromatic heterocycles. The van der Waals surface area contributed by atoms with Crippen molar-refractivity contribution in [3.63, 3.8) is 0 Å². The number of phenolic OH excluding ortho intramolecular Hbond substituents is 2. The van der Waals surface area contributed by atoms with Gasteiger partial charge in [-0.25, -0.2) is 0 Å². The normalized spacial score (nSPS) is 18.3. The smallest absolute Gasteiger partial charge is 0.201 e. The first kappa shape index (κ1) is 19.9. The summed E-state index contributed by atoms with van der Waals surface area (Å²) in [7, 11) is 5.93. The van der Waals surface area contributed by atoms with Crippen molar-refractivity contribution in [2.75, 3.05) is 35.0 Å². The third-order valence-electron chi connectivity index (χ3n) is 5.36. The van der Waals surface area contributed by atoms with Crippen molar-refractivity contribution in [3.05, 3.63) is 34.9 Å². The molecular formula is C21H26O7. The Hall–Kier alpha value is -2.80. The molecule has 0 aliphatic heterocycles. The fourth-order valence-corrected chi connectivity index (χ4v) is 4.01. The van der Waals surface area contributed by atoms with Crippen LogP contribution in [0.25, 0.3) is 0 Å². The van der Waals surface area contributed by atoms with Crippen LogP contribution in [0, 0.1) is 5.92 Å². The highest BCUT2D eigenvalue weighted by molar-refractivity contribution is 5.63. The van der Waals surface area contributed by atoms with E-state index in [1.807, 2.05) is 0 Å². The van der Waals surface area contributed by atoms with Crippen molar-refractivity contribution in [2.24, 2.45) is 5.92 Å². The monoisotopic (exact) mass is 390 g/mol. The van der Waals surface area contributed by atoms with Gasteiger partial charge in [0.15, 0.2) is 23.0 Å². The zero-order chi connectivity index (χ0) is 20.4. The Morgan fingerprint density at radius 1 is 0.857 bits per heavy atom. The van der Waals surface area contributed by atoms with E-state index in [-0.39, 0.29) is 29.9 Å². The van der Waals surface area contributed by atoms with Gasteiger partial charge in [0.1, 0.15) is 0 Å². The van der Waals surface area contributed by atoms with E-state index in [0.29, 0.717) is 35.8 Å². The second-order valence-electron chi connectivity index (χ2n) is 6.85. The Morgan fingerprint density at radius 2 is 1.43 bits per heavy atom. The molecule has 1 aliphatic carbocycles. The fourth-order valence-electron chi connectivity index (χ4n) is 4.01. The molecule has 7 nitrogen and oxygen atoms in total. The summed E-state index contributed by atoms with van der Waals surface area (Å²) in [4.78, 5) is 0. The van der Waals surface area contributed by atoms with E-state index < -0.39 is 0 Å². The molecule has 2 aromatic rings. The molecular weight excluding hydrogens is 364 g/mol. The van der Waals surface area contributed by atoms with E-state index in [1.54, 1.807) is 18.2 Å². The molecule has 2 aromatic carbocycles. The van der Waals surface area contributed by atoms with Crippen molar-refractivity contribution < 1.29 is 34.3 Å². The first-order chi connectivity index (χ1) is 13.5. The van der Waals surface area contributed by atoms with Crippen LogP contribution in [0.2, 0.25) is 0 Å². The quantitative estimate of drug-likeness (QED) is 0.698. The third-order valence-corrected chi connectivity index (χ3v) is 5.36. The lowest BCUT2D eigenvalue weighted by Gasteiger charge is -2.33. The minimum Gasteiger partial charge on any atom is -0.502 e. The standard InChI is InChI=1S/C21H26O7/c1-25-15-7-12(8-16(26-2)19(15)23)14-6-11(10-22)5-13-9-17(27-3)20(24)21(28-4)18(13)14/h7-9,11,14,22-24H,5-6,10H2,1-4H3/t11-,14+/m1/s1. The van der Waals surface area contributed by atoms with Crippen molar-refractivity contribution in [1.82, 2.24) is 0 Å². The van der Waals surface area contributed by atoms with Crippen LogP contribution < -0.4 is 18.9 Å². The summed E-state index contributed by atoms with van der Waals surface area (Å²) in [5, 5.41) is 30.7. The Balaban J connectivity index is 2.25. The lowest BCUT2D eigenvalue weighted by Crippen LogP contribution is -2.23. The van der Waals surface area contributed by atoms with Gasteiger partial charge in [-0.3, -0.25) is 0 Å². The van der Waals surface area contributed by atoms with Crippen molar-refractivity contribution in [1.29, 1.82) is 0 Å². The predicted octanol–water partition coefficient (Wildman–Crippen LogP) is 2.82. The molecule has 0 heterocycles. The average molecular weight is 390 g/mol. The summed E-state index contributed by atoms with van der Waals surface area (Å²) in [5.74, 6) is 0.952. The van der Waals surface area contributed by atoms with Crippen LogP contribution in [0.4, 0.5) is 0 Å². The molecule has 0 spiro atoms. The number of hydrogen-bond donors (Lipinski definition) is 3. The van der Waals surface area contributed by atoms with Crippen molar-refractivity contribution >= 4 is 0 Å². The third kappa shape index (κ3) is 3.26. The molecule has 3 rings (SSSR count). The molecule has 0 saturated heterocycles. The lowest BCUT2D eigenvalue weighted by molar-refractivity contribution is 0.206. The van der Waals surface area contributed by atoms with Crippen LogP contribution in [0.5, 0.6) is 34.5 Å². The number of methoxy groups -OCH3 is 4. The SMILES string of the molecule is COc1cc([C@@H]2C[C@H](CO)Cc3cc(OC)c(O)c(OC)c32)cc(OC)c1O. The van der Waals surface area contributed by atoms with Gasteiger partial charge >= 0.3 is 0 Å². The molecule has 0 bridgehead atoms. The number of aliphatic hydroxyl groups excluding tert-OH is 1. The van der Waals surface area contributed by atoms with Crippen LogP contribution in [0.3, 0.4) is 0 Å². The summed E-state index contributed by atoms with van der Waals surface area (Å²) in [6.45, 7) is 0.0355. The van der Waals surface area contributed by atoms with E-state index in [2.05, 4.69) is 0 Å². The predicted molar refractivity (Wildman–Crippen MR) is 103 cm³/mol. The number of benzene rings is 2. The van der Waals surface area contributed by atoms with Crippen molar-refractivity contribution in [2.45, 2.75) is 18.8 Å². The van der Waals surface area contributed by atoms with E-state index in [9.17, 15) is 15.3 Å². The molecule has 0 saturated carbocycles. The van der Waals surface area contributed by atoms with Crippen LogP contribution >= 0.6 is 0 Å². The summed E-state index contributed by atoms with van der Waals surface area (Å²) in [5.41, 5.74) is 2.60. The Morgan fingerprint density at radius 3 is 1.93 bits per heavy atom. The first-order valence-electron chi connectivity index (χ1n) is 9.01. The zero-order valence-corrected chi connectivity index (χ0v) is 16.5. The van der Waals surface area contributed by atoms with E-state index in [1.165, 1.54) is 28.4 Å². The first-order valence-corrected chi connectivity index (χ1v) is 9.01. The molecule has 1 aliphatic rings. The number of ether oxygens (including phenoxy) is 4. The molecule has 152 valence electrons. The van der Waals surface area contributed by atoms with E-state index in [4.69, 9.17) is 18.9 Å². The molecule has 0 unspecified atom stereocenters. The molecule has 0 radical (unpaired) electrons. The maximum Gasteiger partial charge on any atom is 0.201 e. The minimum absolute atomic E-state index is 0.0299. The number of phenols is 2. The van der Waals surface area contributed by atoms with Crippen LogP contribution in [0.1, 0.15) is 29.0 Å². The average Bonchev–Trinajstić information content (AvgIpc) is 2.72. The molecule has 2 atom stereocenters. The molecule has 3 N–H and O–H groups in total. The molecule has 0 amide bonds. The van der Waals surface area contributed by atoms with Crippen molar-refractivity contribution in [3.8, 4) is 34.5 Å². The summed E-state index contributed by atoms with van der Waals surface area (Å²) >= 11 is 0. The zero-order valence-electron chi connectivity index (χ0n) is 16.5. The second kappa shape index (κ2) is 8.06. The van der Waals surface area contributed by atoms with Crippen LogP contribution in [-0.4, -0.2) is 50.4 Å². The fraction of sp³-hybridized carbons (Fsp3) is 0.429. The van der Waals surface area contributed by atoms with Gasteiger partial charge in [0.05, 0.1) is 28.4 Å². The lowest BCUT2D eigenvalue weighted by atomic mass is 9.73. The molecule has 7 heteroatoms. The Kier molecular flexibility index (Phi) is 5.74. The van der Waals surface area contributed by atoms with Crippen LogP contribution in [-0.2, 0) is 6.42 Å². The highest BCUT2D eigenvalue weighted by atomic mass is 16.5. The highest BCUT2D eigenvalue weighted by Crippen LogP contribution is 2.52. The van der Waals surface area contributed by atoms with Gasteiger partial charge in [0, 0.05) is 18.1 Å². The van der Waals surface area contributed by atoms with E-state index >= 15 is 0 Å². The summed E-state index contributed by atoms with van der Waals surface area (Å²) in [6.07, 6.45) is 1.28. The van der Waals surface area contributed by atoms with Gasteiger partial charge in [-0.15, -0.1) is 0 Å². The molecule has 0 fully saturated rings. The Labute approximate surface area is 164 Å². The Bertz CT molecular complexity index is 837. The number of rotatable bonds is 6. The van der Waals surface area contributed by atoms with Gasteiger partial charge in [-0.2, -0.15) is 0 Å². The second-order valence-corrected chi connectivity index (χ2v) is 6.85. The number of aromatic hydroxyl groups is 2. The van der Waals surface area contributed by atoms with Gasteiger partial charge in [0.2, 0.25) is 11.5 Å². The van der Waals surface area contributed by atoms with Gasteiger partial charge in [0.25, 0.3) is 0 Å². The van der Waals surface area contributed by atoms with Crippen LogP contribution in [0.15, 0.2) is 18.2 Å². The topological polar surface area (TPSA) is 97.6 Å². The maximum absolute atomic E-state index is 10.6. The number of hydrogen-bond acceptors (Lipinski definition) is 7. The van der Waals surface area contributed by atoms with Gasteiger partial charge in [-0.05, 0) is 48.1 Å². The molecule has 28 heavy (non-hydrogen) atoms. The number of aliphatic hydroxyl groups is 1.